The zero-order valence-corrected chi connectivity index (χ0v) is 11.5. The highest BCUT2D eigenvalue weighted by Crippen LogP contribution is 2.31. The van der Waals surface area contributed by atoms with Crippen LogP contribution in [0.3, 0.4) is 0 Å². The van der Waals surface area contributed by atoms with Crippen LogP contribution in [0.15, 0.2) is 18.2 Å². The summed E-state index contributed by atoms with van der Waals surface area (Å²) in [5.74, 6) is 0.775. The van der Waals surface area contributed by atoms with Crippen molar-refractivity contribution in [2.45, 2.75) is 52.0 Å². The maximum atomic E-state index is 13.3. The van der Waals surface area contributed by atoms with Crippen molar-refractivity contribution in [1.82, 2.24) is 5.32 Å². The summed E-state index contributed by atoms with van der Waals surface area (Å²) >= 11 is 0. The van der Waals surface area contributed by atoms with Crippen LogP contribution in [-0.4, -0.2) is 12.6 Å². The van der Waals surface area contributed by atoms with E-state index < -0.39 is 0 Å². The number of rotatable bonds is 6. The predicted octanol–water partition coefficient (Wildman–Crippen LogP) is 3.84. The third kappa shape index (κ3) is 3.55. The van der Waals surface area contributed by atoms with Crippen molar-refractivity contribution in [2.75, 3.05) is 6.54 Å². The van der Waals surface area contributed by atoms with Crippen molar-refractivity contribution in [2.24, 2.45) is 5.92 Å². The Balaban J connectivity index is 1.99. The first-order valence-corrected chi connectivity index (χ1v) is 7.17. The normalized spacial score (nSPS) is 17.5. The quantitative estimate of drug-likeness (QED) is 0.807. The number of hydrogen-bond acceptors (Lipinski definition) is 1. The Labute approximate surface area is 110 Å². The fraction of sp³-hybridized carbons (Fsp3) is 0.625. The van der Waals surface area contributed by atoms with Crippen LogP contribution in [0.5, 0.6) is 0 Å². The summed E-state index contributed by atoms with van der Waals surface area (Å²) in [6.07, 6.45) is 6.34. The van der Waals surface area contributed by atoms with Crippen molar-refractivity contribution in [3.63, 3.8) is 0 Å². The van der Waals surface area contributed by atoms with Gasteiger partial charge in [0, 0.05) is 6.04 Å². The van der Waals surface area contributed by atoms with Crippen LogP contribution in [0.4, 0.5) is 4.39 Å². The smallest absolute Gasteiger partial charge is 0.123 e. The number of aryl methyl sites for hydroxylation is 1. The van der Waals surface area contributed by atoms with Gasteiger partial charge in [-0.15, -0.1) is 0 Å². The van der Waals surface area contributed by atoms with Gasteiger partial charge in [-0.25, -0.2) is 4.39 Å². The van der Waals surface area contributed by atoms with E-state index in [0.717, 1.165) is 24.4 Å². The molecule has 1 nitrogen and oxygen atoms in total. The fourth-order valence-electron chi connectivity index (χ4n) is 2.78. The maximum Gasteiger partial charge on any atom is 0.123 e. The molecule has 1 N–H and O–H groups in total. The first kappa shape index (κ1) is 13.5. The molecule has 1 saturated carbocycles. The summed E-state index contributed by atoms with van der Waals surface area (Å²) in [6.45, 7) is 5.21. The topological polar surface area (TPSA) is 12.0 Å². The third-order valence-corrected chi connectivity index (χ3v) is 4.11. The van der Waals surface area contributed by atoms with Crippen LogP contribution < -0.4 is 5.32 Å². The standard InChI is InChI=1S/C16H24FN/c1-3-18-16(9-13-5-4-6-13)11-14-10-15(17)8-7-12(14)2/h7-8,10,13,16,18H,3-6,9,11H2,1-2H3. The SMILES string of the molecule is CCNC(Cc1cc(F)ccc1C)CC1CCC1. The lowest BCUT2D eigenvalue weighted by molar-refractivity contribution is 0.260. The Morgan fingerprint density at radius 1 is 1.39 bits per heavy atom. The van der Waals surface area contributed by atoms with Crippen molar-refractivity contribution in [3.8, 4) is 0 Å². The molecule has 1 aliphatic rings. The van der Waals surface area contributed by atoms with E-state index in [1.165, 1.54) is 31.2 Å². The molecule has 0 spiro atoms. The molecule has 0 aliphatic heterocycles. The van der Waals surface area contributed by atoms with E-state index in [2.05, 4.69) is 19.2 Å². The molecular formula is C16H24FN. The van der Waals surface area contributed by atoms with Crippen LogP contribution in [0, 0.1) is 18.7 Å². The third-order valence-electron chi connectivity index (χ3n) is 4.11. The Morgan fingerprint density at radius 3 is 2.78 bits per heavy atom. The largest absolute Gasteiger partial charge is 0.314 e. The van der Waals surface area contributed by atoms with Gasteiger partial charge in [0.15, 0.2) is 0 Å². The van der Waals surface area contributed by atoms with Crippen molar-refractivity contribution >= 4 is 0 Å². The summed E-state index contributed by atoms with van der Waals surface area (Å²) < 4.78 is 13.3. The van der Waals surface area contributed by atoms with Gasteiger partial charge < -0.3 is 5.32 Å². The monoisotopic (exact) mass is 249 g/mol. The van der Waals surface area contributed by atoms with Gasteiger partial charge in [0.05, 0.1) is 0 Å². The number of nitrogens with one attached hydrogen (secondary N) is 1. The van der Waals surface area contributed by atoms with Crippen molar-refractivity contribution < 1.29 is 4.39 Å². The molecular weight excluding hydrogens is 225 g/mol. The molecule has 0 aromatic heterocycles. The Kier molecular flexibility index (Phi) is 4.76. The van der Waals surface area contributed by atoms with E-state index in [0.29, 0.717) is 6.04 Å². The molecule has 0 amide bonds. The lowest BCUT2D eigenvalue weighted by atomic mass is 9.79. The van der Waals surface area contributed by atoms with Gasteiger partial charge in [-0.05, 0) is 55.5 Å². The van der Waals surface area contributed by atoms with Crippen LogP contribution in [0.25, 0.3) is 0 Å². The van der Waals surface area contributed by atoms with Gasteiger partial charge in [-0.1, -0.05) is 32.3 Å². The summed E-state index contributed by atoms with van der Waals surface area (Å²) in [4.78, 5) is 0. The van der Waals surface area contributed by atoms with E-state index in [1.54, 1.807) is 12.1 Å². The maximum absolute atomic E-state index is 13.3. The van der Waals surface area contributed by atoms with Gasteiger partial charge in [-0.3, -0.25) is 0 Å². The molecule has 18 heavy (non-hydrogen) atoms. The highest BCUT2D eigenvalue weighted by Gasteiger charge is 2.22. The molecule has 0 saturated heterocycles. The second-order valence-corrected chi connectivity index (χ2v) is 5.56. The molecule has 1 unspecified atom stereocenters. The summed E-state index contributed by atoms with van der Waals surface area (Å²) in [6, 6.07) is 5.63. The molecule has 1 aromatic rings. The Morgan fingerprint density at radius 2 is 2.17 bits per heavy atom. The lowest BCUT2D eigenvalue weighted by Crippen LogP contribution is -2.34. The molecule has 0 radical (unpaired) electrons. The molecule has 1 aliphatic carbocycles. The number of hydrogen-bond donors (Lipinski definition) is 1. The molecule has 2 rings (SSSR count). The van der Waals surface area contributed by atoms with E-state index in [4.69, 9.17) is 0 Å². The number of halogens is 1. The van der Waals surface area contributed by atoms with Crippen LogP contribution in [-0.2, 0) is 6.42 Å². The second-order valence-electron chi connectivity index (χ2n) is 5.56. The summed E-state index contributed by atoms with van der Waals surface area (Å²) in [7, 11) is 0. The molecule has 1 atom stereocenters. The predicted molar refractivity (Wildman–Crippen MR) is 74.3 cm³/mol. The van der Waals surface area contributed by atoms with Crippen LogP contribution >= 0.6 is 0 Å². The minimum absolute atomic E-state index is 0.116. The van der Waals surface area contributed by atoms with E-state index in [1.807, 2.05) is 6.07 Å². The number of likely N-dealkylation sites (N-methyl/N-ethyl adjacent to an activating group) is 1. The summed E-state index contributed by atoms with van der Waals surface area (Å²) in [5.41, 5.74) is 2.35. The molecule has 0 heterocycles. The first-order valence-electron chi connectivity index (χ1n) is 7.17. The molecule has 100 valence electrons. The first-order chi connectivity index (χ1) is 8.69. The van der Waals surface area contributed by atoms with Gasteiger partial charge in [0.25, 0.3) is 0 Å². The molecule has 1 aromatic carbocycles. The molecule has 2 heteroatoms. The lowest BCUT2D eigenvalue weighted by Gasteiger charge is -2.30. The fourth-order valence-corrected chi connectivity index (χ4v) is 2.78. The van der Waals surface area contributed by atoms with E-state index in [-0.39, 0.29) is 5.82 Å². The zero-order chi connectivity index (χ0) is 13.0. The Bertz CT molecular complexity index is 385. The van der Waals surface area contributed by atoms with Gasteiger partial charge in [-0.2, -0.15) is 0 Å². The second kappa shape index (κ2) is 6.33. The highest BCUT2D eigenvalue weighted by atomic mass is 19.1. The number of benzene rings is 1. The summed E-state index contributed by atoms with van der Waals surface area (Å²) in [5, 5.41) is 3.55. The van der Waals surface area contributed by atoms with Crippen molar-refractivity contribution in [3.05, 3.63) is 35.1 Å². The minimum Gasteiger partial charge on any atom is -0.314 e. The average molecular weight is 249 g/mol. The van der Waals surface area contributed by atoms with E-state index >= 15 is 0 Å². The van der Waals surface area contributed by atoms with Gasteiger partial charge in [0.1, 0.15) is 5.82 Å². The van der Waals surface area contributed by atoms with Gasteiger partial charge in [0.2, 0.25) is 0 Å². The van der Waals surface area contributed by atoms with E-state index in [9.17, 15) is 4.39 Å². The Hall–Kier alpha value is -0.890. The highest BCUT2D eigenvalue weighted by molar-refractivity contribution is 5.27. The van der Waals surface area contributed by atoms with Crippen LogP contribution in [0.2, 0.25) is 0 Å². The van der Waals surface area contributed by atoms with Crippen LogP contribution in [0.1, 0.15) is 43.7 Å². The molecule has 1 fully saturated rings. The zero-order valence-electron chi connectivity index (χ0n) is 11.5. The average Bonchev–Trinajstić information content (AvgIpc) is 2.28. The van der Waals surface area contributed by atoms with Gasteiger partial charge >= 0.3 is 0 Å². The minimum atomic E-state index is -0.116. The van der Waals surface area contributed by atoms with Crippen molar-refractivity contribution in [1.29, 1.82) is 0 Å². The molecule has 0 bridgehead atoms.